The number of hydrogen-bond donors (Lipinski definition) is 0. The third-order valence-corrected chi connectivity index (χ3v) is 4.11. The summed E-state index contributed by atoms with van der Waals surface area (Å²) < 4.78 is 5.00. The number of imide groups is 1. The number of benzene rings is 1. The molecule has 26 heavy (non-hydrogen) atoms. The Kier molecular flexibility index (Phi) is 3.39. The Hall–Kier alpha value is -3.82. The zero-order valence-corrected chi connectivity index (χ0v) is 12.9. The first-order chi connectivity index (χ1) is 12.5. The van der Waals surface area contributed by atoms with E-state index in [1.54, 1.807) is 0 Å². The Balaban J connectivity index is 1.72. The molecule has 2 aromatic rings. The molecule has 130 valence electrons. The number of para-hydroxylation sites is 2. The highest BCUT2D eigenvalue weighted by atomic mass is 16.7. The van der Waals surface area contributed by atoms with E-state index in [-0.39, 0.29) is 17.2 Å². The van der Waals surface area contributed by atoms with Crippen molar-refractivity contribution in [2.75, 3.05) is 4.90 Å². The van der Waals surface area contributed by atoms with E-state index in [1.165, 1.54) is 42.7 Å². The van der Waals surface area contributed by atoms with Crippen molar-refractivity contribution >= 4 is 34.7 Å². The number of rotatable bonds is 4. The highest BCUT2D eigenvalue weighted by Crippen LogP contribution is 2.37. The lowest BCUT2D eigenvalue weighted by Crippen LogP contribution is -2.34. The fourth-order valence-electron chi connectivity index (χ4n) is 2.95. The van der Waals surface area contributed by atoms with Gasteiger partial charge in [-0.25, -0.2) is 4.90 Å². The van der Waals surface area contributed by atoms with Gasteiger partial charge in [-0.05, 0) is 18.2 Å². The molecule has 1 aromatic heterocycles. The van der Waals surface area contributed by atoms with E-state index in [4.69, 9.17) is 9.25 Å². The number of oxime groups is 1. The Labute approximate surface area is 144 Å². The highest BCUT2D eigenvalue weighted by Gasteiger charge is 2.58. The molecule has 0 unspecified atom stereocenters. The summed E-state index contributed by atoms with van der Waals surface area (Å²) in [6.07, 6.45) is -0.0567. The first-order valence-corrected chi connectivity index (χ1v) is 7.44. The van der Waals surface area contributed by atoms with Crippen LogP contribution in [0.2, 0.25) is 0 Å². The second-order valence-electron chi connectivity index (χ2n) is 5.54. The monoisotopic (exact) mass is 355 g/mol. The summed E-state index contributed by atoms with van der Waals surface area (Å²) >= 11 is 0. The predicted octanol–water partition coefficient (Wildman–Crippen LogP) is 1.31. The van der Waals surface area contributed by atoms with Gasteiger partial charge in [0, 0.05) is 6.07 Å². The number of carbonyl (C=O) groups is 3. The molecule has 0 spiro atoms. The quantitative estimate of drug-likeness (QED) is 0.349. The van der Waals surface area contributed by atoms with Crippen molar-refractivity contribution < 1.29 is 28.6 Å². The Bertz CT molecular complexity index is 979. The lowest BCUT2D eigenvalue weighted by atomic mass is 9.96. The van der Waals surface area contributed by atoms with Crippen molar-refractivity contribution in [1.82, 2.24) is 0 Å². The maximum absolute atomic E-state index is 12.8. The minimum Gasteiger partial charge on any atom is -0.461 e. The summed E-state index contributed by atoms with van der Waals surface area (Å²) in [6.45, 7) is 0. The Morgan fingerprint density at radius 3 is 2.62 bits per heavy atom. The van der Waals surface area contributed by atoms with E-state index in [0.717, 1.165) is 0 Å². The van der Waals surface area contributed by atoms with E-state index >= 15 is 0 Å². The van der Waals surface area contributed by atoms with Crippen LogP contribution < -0.4 is 4.90 Å². The van der Waals surface area contributed by atoms with Crippen LogP contribution in [0.4, 0.5) is 11.4 Å². The van der Waals surface area contributed by atoms with E-state index in [9.17, 15) is 24.5 Å². The third kappa shape index (κ3) is 2.12. The van der Waals surface area contributed by atoms with Gasteiger partial charge in [-0.2, -0.15) is 0 Å². The summed E-state index contributed by atoms with van der Waals surface area (Å²) in [6, 6.07) is 8.20. The van der Waals surface area contributed by atoms with Crippen LogP contribution in [0.5, 0.6) is 0 Å². The van der Waals surface area contributed by atoms with E-state index < -0.39 is 40.2 Å². The number of Topliss-reactive ketones (excluding diaryl/α,β-unsaturated/α-hetero) is 1. The van der Waals surface area contributed by atoms with Crippen molar-refractivity contribution in [1.29, 1.82) is 0 Å². The van der Waals surface area contributed by atoms with Crippen LogP contribution in [0.15, 0.2) is 52.2 Å². The SMILES string of the molecule is O=C(C1=NO[C@@H]2C(=O)N(c3ccccc3[N+](=O)[O-])C(=O)[C@@H]12)c1ccco1. The van der Waals surface area contributed by atoms with Crippen molar-refractivity contribution in [3.05, 3.63) is 58.5 Å². The van der Waals surface area contributed by atoms with Crippen molar-refractivity contribution in [2.24, 2.45) is 11.1 Å². The zero-order valence-electron chi connectivity index (χ0n) is 12.9. The number of furan rings is 1. The lowest BCUT2D eigenvalue weighted by molar-refractivity contribution is -0.384. The van der Waals surface area contributed by atoms with Gasteiger partial charge >= 0.3 is 0 Å². The number of hydrogen-bond acceptors (Lipinski definition) is 8. The Morgan fingerprint density at radius 1 is 1.15 bits per heavy atom. The van der Waals surface area contributed by atoms with Crippen LogP contribution in [0, 0.1) is 16.0 Å². The van der Waals surface area contributed by atoms with Crippen LogP contribution in [0.3, 0.4) is 0 Å². The second kappa shape index (κ2) is 5.62. The zero-order chi connectivity index (χ0) is 18.4. The summed E-state index contributed by atoms with van der Waals surface area (Å²) in [7, 11) is 0. The molecule has 0 saturated carbocycles. The molecular weight excluding hydrogens is 346 g/mol. The van der Waals surface area contributed by atoms with Gasteiger partial charge in [0.25, 0.3) is 11.6 Å². The number of amides is 2. The number of fused-ring (bicyclic) bond motifs is 1. The molecule has 1 saturated heterocycles. The minimum atomic E-state index is -1.34. The van der Waals surface area contributed by atoms with Gasteiger partial charge in [-0.3, -0.25) is 24.5 Å². The molecule has 2 atom stereocenters. The van der Waals surface area contributed by atoms with Gasteiger partial charge in [-0.1, -0.05) is 17.3 Å². The van der Waals surface area contributed by atoms with Crippen LogP contribution >= 0.6 is 0 Å². The van der Waals surface area contributed by atoms with Crippen molar-refractivity contribution in [3.8, 4) is 0 Å². The van der Waals surface area contributed by atoms with Gasteiger partial charge in [-0.15, -0.1) is 0 Å². The standard InChI is InChI=1S/C16H9N3O7/c20-13(10-6-3-7-25-10)12-11-14(26-17-12)16(22)18(15(11)21)8-4-1-2-5-9(8)19(23)24/h1-7,11,14H/t11-,14-/m0/s1. The molecule has 4 rings (SSSR count). The number of ketones is 1. The van der Waals surface area contributed by atoms with Gasteiger partial charge in [0.1, 0.15) is 17.3 Å². The summed E-state index contributed by atoms with van der Waals surface area (Å²) in [5.41, 5.74) is -0.871. The van der Waals surface area contributed by atoms with Gasteiger partial charge in [0.15, 0.2) is 5.76 Å². The number of anilines is 1. The van der Waals surface area contributed by atoms with E-state index in [0.29, 0.717) is 4.90 Å². The van der Waals surface area contributed by atoms with Crippen LogP contribution in [-0.4, -0.2) is 34.3 Å². The molecule has 0 aliphatic carbocycles. The van der Waals surface area contributed by atoms with Crippen molar-refractivity contribution in [3.63, 3.8) is 0 Å². The van der Waals surface area contributed by atoms with Crippen LogP contribution in [-0.2, 0) is 14.4 Å². The largest absolute Gasteiger partial charge is 0.461 e. The molecule has 2 amide bonds. The number of nitro benzene ring substituents is 1. The molecular formula is C16H9N3O7. The number of carbonyl (C=O) groups excluding carboxylic acids is 3. The van der Waals surface area contributed by atoms with Crippen LogP contribution in [0.1, 0.15) is 10.6 Å². The third-order valence-electron chi connectivity index (χ3n) is 4.11. The second-order valence-corrected chi connectivity index (χ2v) is 5.54. The first kappa shape index (κ1) is 15.7. The molecule has 1 aromatic carbocycles. The number of nitro groups is 1. The molecule has 1 fully saturated rings. The lowest BCUT2D eigenvalue weighted by Gasteiger charge is -2.14. The molecule has 10 nitrogen and oxygen atoms in total. The summed E-state index contributed by atoms with van der Waals surface area (Å²) in [5.74, 6) is -3.66. The molecule has 10 heteroatoms. The topological polar surface area (TPSA) is 132 Å². The minimum absolute atomic E-state index is 0.0580. The van der Waals surface area contributed by atoms with Crippen molar-refractivity contribution in [2.45, 2.75) is 6.10 Å². The Morgan fingerprint density at radius 2 is 1.92 bits per heavy atom. The van der Waals surface area contributed by atoms with Crippen LogP contribution in [0.25, 0.3) is 0 Å². The molecule has 2 aliphatic rings. The molecule has 0 N–H and O–H groups in total. The molecule has 0 bridgehead atoms. The smallest absolute Gasteiger partial charge is 0.293 e. The first-order valence-electron chi connectivity index (χ1n) is 7.44. The fourth-order valence-corrected chi connectivity index (χ4v) is 2.95. The van der Waals surface area contributed by atoms with Gasteiger partial charge in [0.05, 0.1) is 11.2 Å². The summed E-state index contributed by atoms with van der Waals surface area (Å²) in [5, 5.41) is 14.8. The maximum Gasteiger partial charge on any atom is 0.293 e. The van der Waals surface area contributed by atoms with Gasteiger partial charge in [0.2, 0.25) is 17.8 Å². The maximum atomic E-state index is 12.8. The molecule has 2 aliphatic heterocycles. The van der Waals surface area contributed by atoms with Gasteiger partial charge < -0.3 is 9.25 Å². The predicted molar refractivity (Wildman–Crippen MR) is 84.4 cm³/mol. The van der Waals surface area contributed by atoms with E-state index in [1.807, 2.05) is 0 Å². The number of nitrogens with zero attached hydrogens (tertiary/aromatic N) is 3. The normalized spacial score (nSPS) is 21.4. The highest BCUT2D eigenvalue weighted by molar-refractivity contribution is 6.52. The molecule has 0 radical (unpaired) electrons. The summed E-state index contributed by atoms with van der Waals surface area (Å²) in [4.78, 5) is 54.0. The molecule has 3 heterocycles. The van der Waals surface area contributed by atoms with E-state index in [2.05, 4.69) is 5.16 Å². The average molecular weight is 355 g/mol. The fraction of sp³-hybridized carbons (Fsp3) is 0.125. The average Bonchev–Trinajstić information content (AvgIpc) is 3.34.